The number of hydrogen-bond donors (Lipinski definition) is 0. The van der Waals surface area contributed by atoms with Crippen LogP contribution < -0.4 is 0 Å². The molecule has 0 radical (unpaired) electrons. The van der Waals surface area contributed by atoms with E-state index in [2.05, 4.69) is 13.2 Å². The fraction of sp³-hybridized carbons (Fsp3) is 0.280. The molecule has 0 N–H and O–H groups in total. The van der Waals surface area contributed by atoms with Crippen LogP contribution in [0.3, 0.4) is 0 Å². The minimum absolute atomic E-state index is 0.0261. The Bertz CT molecular complexity index is 865. The molecule has 2 aromatic carbocycles. The van der Waals surface area contributed by atoms with Crippen molar-refractivity contribution in [3.63, 3.8) is 0 Å². The van der Waals surface area contributed by atoms with E-state index in [9.17, 15) is 9.59 Å². The molecular formula is C25H26O6. The molecule has 0 aliphatic carbocycles. The third-order valence-electron chi connectivity index (χ3n) is 4.81. The highest BCUT2D eigenvalue weighted by atomic mass is 16.8. The highest BCUT2D eigenvalue weighted by molar-refractivity contribution is 5.90. The zero-order chi connectivity index (χ0) is 22.4. The summed E-state index contributed by atoms with van der Waals surface area (Å²) in [5.41, 5.74) is 2.67. The molecule has 1 heterocycles. The second kappa shape index (κ2) is 9.73. The van der Waals surface area contributed by atoms with Gasteiger partial charge in [0.25, 0.3) is 0 Å². The largest absolute Gasteiger partial charge is 0.459 e. The van der Waals surface area contributed by atoms with Crippen LogP contribution in [0.4, 0.5) is 0 Å². The van der Waals surface area contributed by atoms with E-state index in [0.717, 1.165) is 11.1 Å². The number of benzene rings is 2. The fourth-order valence-corrected chi connectivity index (χ4v) is 3.18. The Balaban J connectivity index is 1.57. The first-order valence-electron chi connectivity index (χ1n) is 9.96. The van der Waals surface area contributed by atoms with Gasteiger partial charge in [-0.3, -0.25) is 0 Å². The molecule has 162 valence electrons. The molecule has 1 aliphatic heterocycles. The van der Waals surface area contributed by atoms with E-state index in [-0.39, 0.29) is 13.2 Å². The van der Waals surface area contributed by atoms with E-state index in [1.807, 2.05) is 0 Å². The van der Waals surface area contributed by atoms with E-state index in [1.165, 1.54) is 0 Å². The van der Waals surface area contributed by atoms with Gasteiger partial charge < -0.3 is 18.9 Å². The highest BCUT2D eigenvalue weighted by Gasteiger charge is 2.42. The van der Waals surface area contributed by atoms with Crippen molar-refractivity contribution in [3.8, 4) is 0 Å². The summed E-state index contributed by atoms with van der Waals surface area (Å²) in [4.78, 5) is 24.7. The van der Waals surface area contributed by atoms with Gasteiger partial charge in [-0.1, -0.05) is 49.6 Å². The molecule has 3 rings (SSSR count). The molecule has 6 nitrogen and oxygen atoms in total. The Morgan fingerprint density at radius 2 is 1.16 bits per heavy atom. The molecule has 0 saturated carbocycles. The Labute approximate surface area is 182 Å². The number of carbonyl (C=O) groups excluding carboxylic acids is 2. The van der Waals surface area contributed by atoms with Crippen LogP contribution in [0.5, 0.6) is 0 Å². The topological polar surface area (TPSA) is 71.1 Å². The first-order valence-corrected chi connectivity index (χ1v) is 9.96. The number of rotatable bonds is 8. The fourth-order valence-electron chi connectivity index (χ4n) is 3.18. The minimum Gasteiger partial charge on any atom is -0.459 e. The van der Waals surface area contributed by atoms with Crippen LogP contribution >= 0.6 is 0 Å². The summed E-state index contributed by atoms with van der Waals surface area (Å²) >= 11 is 0. The molecule has 0 unspecified atom stereocenters. The lowest BCUT2D eigenvalue weighted by molar-refractivity contribution is -0.151. The SMILES string of the molecule is C=Cc1ccc(C(=O)OC[C@@H]2OC(C)(C)O[C@H]2COC(=O)c2ccc(C=C)cc2)cc1. The highest BCUT2D eigenvalue weighted by Crippen LogP contribution is 2.29. The van der Waals surface area contributed by atoms with Gasteiger partial charge in [0.15, 0.2) is 5.79 Å². The van der Waals surface area contributed by atoms with E-state index in [0.29, 0.717) is 11.1 Å². The molecule has 1 saturated heterocycles. The van der Waals surface area contributed by atoms with Crippen LogP contribution in [-0.2, 0) is 18.9 Å². The average molecular weight is 422 g/mol. The van der Waals surface area contributed by atoms with Crippen LogP contribution in [0.2, 0.25) is 0 Å². The molecule has 1 fully saturated rings. The predicted octanol–water partition coefficient (Wildman–Crippen LogP) is 4.51. The lowest BCUT2D eigenvalue weighted by Crippen LogP contribution is -2.33. The first-order chi connectivity index (χ1) is 14.8. The van der Waals surface area contributed by atoms with Crippen molar-refractivity contribution in [2.75, 3.05) is 13.2 Å². The lowest BCUT2D eigenvalue weighted by atomic mass is 10.1. The molecule has 2 aromatic rings. The Morgan fingerprint density at radius 1 is 0.806 bits per heavy atom. The van der Waals surface area contributed by atoms with Crippen molar-refractivity contribution in [1.29, 1.82) is 0 Å². The third kappa shape index (κ3) is 5.90. The summed E-state index contributed by atoms with van der Waals surface area (Å²) in [7, 11) is 0. The van der Waals surface area contributed by atoms with Gasteiger partial charge in [0.05, 0.1) is 11.1 Å². The second-order valence-corrected chi connectivity index (χ2v) is 7.56. The quantitative estimate of drug-likeness (QED) is 0.583. The zero-order valence-corrected chi connectivity index (χ0v) is 17.7. The number of carbonyl (C=O) groups is 2. The maximum Gasteiger partial charge on any atom is 0.338 e. The zero-order valence-electron chi connectivity index (χ0n) is 17.7. The monoisotopic (exact) mass is 422 g/mol. The summed E-state index contributed by atoms with van der Waals surface area (Å²) < 4.78 is 22.5. The first kappa shape index (κ1) is 22.5. The van der Waals surface area contributed by atoms with Gasteiger partial charge in [-0.15, -0.1) is 0 Å². The normalized spacial score (nSPS) is 19.4. The predicted molar refractivity (Wildman–Crippen MR) is 117 cm³/mol. The molecule has 2 atom stereocenters. The number of ether oxygens (including phenoxy) is 4. The van der Waals surface area contributed by atoms with Gasteiger partial charge >= 0.3 is 11.9 Å². The van der Waals surface area contributed by atoms with Crippen molar-refractivity contribution in [2.45, 2.75) is 31.8 Å². The van der Waals surface area contributed by atoms with Crippen molar-refractivity contribution < 1.29 is 28.5 Å². The second-order valence-electron chi connectivity index (χ2n) is 7.56. The van der Waals surface area contributed by atoms with Gasteiger partial charge in [-0.05, 0) is 49.2 Å². The van der Waals surface area contributed by atoms with Crippen LogP contribution in [-0.4, -0.2) is 43.1 Å². The molecular weight excluding hydrogens is 396 g/mol. The average Bonchev–Trinajstić information content (AvgIpc) is 3.09. The van der Waals surface area contributed by atoms with Crippen molar-refractivity contribution in [3.05, 3.63) is 83.9 Å². The summed E-state index contributed by atoms with van der Waals surface area (Å²) in [5, 5.41) is 0. The van der Waals surface area contributed by atoms with Gasteiger partial charge in [-0.2, -0.15) is 0 Å². The van der Waals surface area contributed by atoms with E-state index in [4.69, 9.17) is 18.9 Å². The summed E-state index contributed by atoms with van der Waals surface area (Å²) in [5.74, 6) is -1.82. The Hall–Kier alpha value is -3.22. The lowest BCUT2D eigenvalue weighted by Gasteiger charge is -2.17. The van der Waals surface area contributed by atoms with Crippen LogP contribution in [0.15, 0.2) is 61.7 Å². The van der Waals surface area contributed by atoms with Gasteiger partial charge in [0, 0.05) is 0 Å². The maximum atomic E-state index is 12.3. The van der Waals surface area contributed by atoms with Crippen molar-refractivity contribution >= 4 is 24.1 Å². The summed E-state index contributed by atoms with van der Waals surface area (Å²) in [6.45, 7) is 10.8. The number of hydrogen-bond acceptors (Lipinski definition) is 6. The summed E-state index contributed by atoms with van der Waals surface area (Å²) in [6.07, 6.45) is 2.26. The molecule has 0 spiro atoms. The van der Waals surface area contributed by atoms with Crippen molar-refractivity contribution in [1.82, 2.24) is 0 Å². The minimum atomic E-state index is -0.884. The van der Waals surface area contributed by atoms with E-state index < -0.39 is 29.9 Å². The summed E-state index contributed by atoms with van der Waals surface area (Å²) in [6, 6.07) is 13.8. The maximum absolute atomic E-state index is 12.3. The molecule has 0 aromatic heterocycles. The molecule has 0 amide bonds. The van der Waals surface area contributed by atoms with Crippen LogP contribution in [0, 0.1) is 0 Å². The van der Waals surface area contributed by atoms with Gasteiger partial charge in [0.1, 0.15) is 25.4 Å². The third-order valence-corrected chi connectivity index (χ3v) is 4.81. The van der Waals surface area contributed by atoms with Gasteiger partial charge in [0.2, 0.25) is 0 Å². The molecule has 0 bridgehead atoms. The van der Waals surface area contributed by atoms with Crippen molar-refractivity contribution in [2.24, 2.45) is 0 Å². The Morgan fingerprint density at radius 3 is 1.48 bits per heavy atom. The Kier molecular flexibility index (Phi) is 7.05. The smallest absolute Gasteiger partial charge is 0.338 e. The number of esters is 2. The van der Waals surface area contributed by atoms with Crippen LogP contribution in [0.25, 0.3) is 12.2 Å². The van der Waals surface area contributed by atoms with E-state index in [1.54, 1.807) is 74.5 Å². The molecule has 1 aliphatic rings. The molecule has 6 heteroatoms. The standard InChI is InChI=1S/C25H26O6/c1-5-17-7-11-19(12-8-17)23(26)28-15-21-22(31-25(3,4)30-21)16-29-24(27)20-13-9-18(6-2)10-14-20/h5-14,21-22H,1-2,15-16H2,3-4H3/t21-,22-/m0/s1. The van der Waals surface area contributed by atoms with E-state index >= 15 is 0 Å². The molecule has 31 heavy (non-hydrogen) atoms. The van der Waals surface area contributed by atoms with Gasteiger partial charge in [-0.25, -0.2) is 9.59 Å². The van der Waals surface area contributed by atoms with Crippen LogP contribution in [0.1, 0.15) is 45.7 Å².